The number of nitrogens with one attached hydrogen (secondary N) is 1. The van der Waals surface area contributed by atoms with Gasteiger partial charge in [0.25, 0.3) is 0 Å². The average molecular weight is 267 g/mol. The molecule has 0 heterocycles. The van der Waals surface area contributed by atoms with E-state index in [-0.39, 0.29) is 17.8 Å². The first-order valence-corrected chi connectivity index (χ1v) is 6.79. The van der Waals surface area contributed by atoms with Gasteiger partial charge in [0, 0.05) is 19.0 Å². The number of ether oxygens (including phenoxy) is 1. The molecule has 0 amide bonds. The number of esters is 1. The molecule has 0 bridgehead atoms. The normalized spacial score (nSPS) is 12.2. The summed E-state index contributed by atoms with van der Waals surface area (Å²) >= 11 is 0. The molecular formula is C15H22FNO2. The van der Waals surface area contributed by atoms with Crippen molar-refractivity contribution >= 4 is 5.97 Å². The Morgan fingerprint density at radius 1 is 1.42 bits per heavy atom. The quantitative estimate of drug-likeness (QED) is 0.736. The Hall–Kier alpha value is -1.42. The third-order valence-corrected chi connectivity index (χ3v) is 2.88. The van der Waals surface area contributed by atoms with E-state index in [0.29, 0.717) is 19.6 Å². The minimum absolute atomic E-state index is 0.101. The fourth-order valence-electron chi connectivity index (χ4n) is 1.70. The summed E-state index contributed by atoms with van der Waals surface area (Å²) in [5.41, 5.74) is 0.887. The number of carbonyl (C=O) groups excluding carboxylic acids is 1. The van der Waals surface area contributed by atoms with Crippen LogP contribution in [0.3, 0.4) is 0 Å². The van der Waals surface area contributed by atoms with E-state index in [1.54, 1.807) is 6.07 Å². The van der Waals surface area contributed by atoms with E-state index >= 15 is 0 Å². The maximum absolute atomic E-state index is 13.0. The lowest BCUT2D eigenvalue weighted by molar-refractivity contribution is -0.144. The van der Waals surface area contributed by atoms with Gasteiger partial charge in [-0.15, -0.1) is 0 Å². The molecule has 1 aromatic rings. The fourth-order valence-corrected chi connectivity index (χ4v) is 1.70. The summed E-state index contributed by atoms with van der Waals surface area (Å²) < 4.78 is 18.2. The molecular weight excluding hydrogens is 245 g/mol. The van der Waals surface area contributed by atoms with Gasteiger partial charge < -0.3 is 10.1 Å². The van der Waals surface area contributed by atoms with E-state index in [4.69, 9.17) is 4.74 Å². The van der Waals surface area contributed by atoms with Gasteiger partial charge in [0.05, 0.1) is 0 Å². The van der Waals surface area contributed by atoms with E-state index in [1.807, 2.05) is 19.9 Å². The Labute approximate surface area is 114 Å². The fraction of sp³-hybridized carbons (Fsp3) is 0.533. The zero-order valence-electron chi connectivity index (χ0n) is 11.6. The van der Waals surface area contributed by atoms with Gasteiger partial charge >= 0.3 is 5.97 Å². The second-order valence-corrected chi connectivity index (χ2v) is 4.55. The number of hydrogen-bond acceptors (Lipinski definition) is 3. The van der Waals surface area contributed by atoms with E-state index in [9.17, 15) is 9.18 Å². The van der Waals surface area contributed by atoms with Crippen molar-refractivity contribution in [2.75, 3.05) is 6.61 Å². The summed E-state index contributed by atoms with van der Waals surface area (Å²) in [7, 11) is 0. The van der Waals surface area contributed by atoms with Crippen molar-refractivity contribution in [1.29, 1.82) is 0 Å². The molecule has 0 saturated carbocycles. The minimum atomic E-state index is -0.235. The Morgan fingerprint density at radius 3 is 2.84 bits per heavy atom. The molecule has 0 aliphatic heterocycles. The Kier molecular flexibility index (Phi) is 7.11. The van der Waals surface area contributed by atoms with Crippen LogP contribution in [0, 0.1) is 5.82 Å². The second-order valence-electron chi connectivity index (χ2n) is 4.55. The molecule has 1 atom stereocenters. The van der Waals surface area contributed by atoms with Crippen LogP contribution >= 0.6 is 0 Å². The SMILES string of the molecule is CCCC(=O)OCC(CC)NCc1cccc(F)c1. The van der Waals surface area contributed by atoms with Gasteiger partial charge in [0.15, 0.2) is 0 Å². The number of rotatable bonds is 8. The van der Waals surface area contributed by atoms with Gasteiger partial charge in [-0.1, -0.05) is 26.0 Å². The first-order valence-electron chi connectivity index (χ1n) is 6.79. The maximum Gasteiger partial charge on any atom is 0.305 e. The predicted molar refractivity (Wildman–Crippen MR) is 73.2 cm³/mol. The first kappa shape index (κ1) is 15.6. The summed E-state index contributed by atoms with van der Waals surface area (Å²) in [5.74, 6) is -0.393. The standard InChI is InChI=1S/C15H22FNO2/c1-3-6-15(18)19-11-14(4-2)17-10-12-7-5-8-13(16)9-12/h5,7-9,14,17H,3-4,6,10-11H2,1-2H3. The van der Waals surface area contributed by atoms with Crippen LogP contribution in [0.2, 0.25) is 0 Å². The largest absolute Gasteiger partial charge is 0.464 e. The monoisotopic (exact) mass is 267 g/mol. The van der Waals surface area contributed by atoms with Crippen molar-refractivity contribution in [3.63, 3.8) is 0 Å². The molecule has 4 heteroatoms. The topological polar surface area (TPSA) is 38.3 Å². The molecule has 19 heavy (non-hydrogen) atoms. The van der Waals surface area contributed by atoms with Crippen LogP contribution in [0.1, 0.15) is 38.7 Å². The van der Waals surface area contributed by atoms with E-state index in [0.717, 1.165) is 18.4 Å². The lowest BCUT2D eigenvalue weighted by Gasteiger charge is -2.17. The minimum Gasteiger partial charge on any atom is -0.464 e. The number of benzene rings is 1. The lowest BCUT2D eigenvalue weighted by atomic mass is 10.2. The highest BCUT2D eigenvalue weighted by atomic mass is 19.1. The van der Waals surface area contributed by atoms with E-state index < -0.39 is 0 Å². The predicted octanol–water partition coefficient (Wildman–Crippen LogP) is 3.04. The second kappa shape index (κ2) is 8.64. The number of carbonyl (C=O) groups is 1. The third-order valence-electron chi connectivity index (χ3n) is 2.88. The highest BCUT2D eigenvalue weighted by molar-refractivity contribution is 5.69. The van der Waals surface area contributed by atoms with Crippen molar-refractivity contribution in [3.8, 4) is 0 Å². The molecule has 0 radical (unpaired) electrons. The van der Waals surface area contributed by atoms with Crippen LogP contribution in [0.15, 0.2) is 24.3 Å². The van der Waals surface area contributed by atoms with Crippen molar-refractivity contribution < 1.29 is 13.9 Å². The summed E-state index contributed by atoms with van der Waals surface area (Å²) in [6, 6.07) is 6.58. The molecule has 0 aromatic heterocycles. The molecule has 106 valence electrons. The van der Waals surface area contributed by atoms with Crippen molar-refractivity contribution in [1.82, 2.24) is 5.32 Å². The summed E-state index contributed by atoms with van der Waals surface area (Å²) in [6.45, 7) is 4.91. The lowest BCUT2D eigenvalue weighted by Crippen LogP contribution is -2.33. The smallest absolute Gasteiger partial charge is 0.305 e. The van der Waals surface area contributed by atoms with Gasteiger partial charge in [-0.05, 0) is 30.5 Å². The van der Waals surface area contributed by atoms with Gasteiger partial charge in [-0.3, -0.25) is 4.79 Å². The van der Waals surface area contributed by atoms with Crippen molar-refractivity contribution in [2.24, 2.45) is 0 Å². The van der Waals surface area contributed by atoms with Gasteiger partial charge in [-0.2, -0.15) is 0 Å². The molecule has 0 aliphatic carbocycles. The maximum atomic E-state index is 13.0. The van der Waals surface area contributed by atoms with Crippen LogP contribution in [0.4, 0.5) is 4.39 Å². The molecule has 1 rings (SSSR count). The van der Waals surface area contributed by atoms with E-state index in [2.05, 4.69) is 5.32 Å². The molecule has 1 N–H and O–H groups in total. The van der Waals surface area contributed by atoms with Crippen LogP contribution in [0.5, 0.6) is 0 Å². The highest BCUT2D eigenvalue weighted by Gasteiger charge is 2.09. The summed E-state index contributed by atoms with van der Waals surface area (Å²) in [6.07, 6.45) is 2.11. The van der Waals surface area contributed by atoms with Crippen LogP contribution < -0.4 is 5.32 Å². The molecule has 1 unspecified atom stereocenters. The average Bonchev–Trinajstić information content (AvgIpc) is 2.39. The molecule has 3 nitrogen and oxygen atoms in total. The zero-order valence-corrected chi connectivity index (χ0v) is 11.6. The molecule has 1 aromatic carbocycles. The van der Waals surface area contributed by atoms with Gasteiger partial charge in [0.1, 0.15) is 12.4 Å². The molecule has 0 fully saturated rings. The van der Waals surface area contributed by atoms with Crippen LogP contribution in [-0.4, -0.2) is 18.6 Å². The van der Waals surface area contributed by atoms with Gasteiger partial charge in [-0.25, -0.2) is 4.39 Å². The van der Waals surface area contributed by atoms with Gasteiger partial charge in [0.2, 0.25) is 0 Å². The third kappa shape index (κ3) is 6.34. The Balaban J connectivity index is 2.34. The summed E-state index contributed by atoms with van der Waals surface area (Å²) in [5, 5.41) is 3.27. The summed E-state index contributed by atoms with van der Waals surface area (Å²) in [4.78, 5) is 11.3. The van der Waals surface area contributed by atoms with E-state index in [1.165, 1.54) is 12.1 Å². The molecule has 0 saturated heterocycles. The highest BCUT2D eigenvalue weighted by Crippen LogP contribution is 2.04. The van der Waals surface area contributed by atoms with Crippen molar-refractivity contribution in [2.45, 2.75) is 45.7 Å². The number of hydrogen-bond donors (Lipinski definition) is 1. The van der Waals surface area contributed by atoms with Crippen molar-refractivity contribution in [3.05, 3.63) is 35.6 Å². The van der Waals surface area contributed by atoms with Crippen LogP contribution in [-0.2, 0) is 16.1 Å². The Bertz CT molecular complexity index is 395. The molecule has 0 spiro atoms. The number of halogens is 1. The first-order chi connectivity index (χ1) is 9.15. The van der Waals surface area contributed by atoms with Crippen LogP contribution in [0.25, 0.3) is 0 Å². The zero-order chi connectivity index (χ0) is 14.1. The Morgan fingerprint density at radius 2 is 2.21 bits per heavy atom. The molecule has 0 aliphatic rings.